The third kappa shape index (κ3) is 8.93. The van der Waals surface area contributed by atoms with Crippen LogP contribution in [0.5, 0.6) is 5.75 Å². The Balaban J connectivity index is 2.14. The van der Waals surface area contributed by atoms with Gasteiger partial charge in [-0.15, -0.1) is 0 Å². The molecule has 0 aliphatic heterocycles. The minimum Gasteiger partial charge on any atom is -0.497 e. The molecule has 0 aliphatic rings. The summed E-state index contributed by atoms with van der Waals surface area (Å²) in [6.45, 7) is 17.1. The van der Waals surface area contributed by atoms with Crippen molar-refractivity contribution >= 4 is 20.1 Å². The van der Waals surface area contributed by atoms with Crippen LogP contribution in [0.15, 0.2) is 66.2 Å². The van der Waals surface area contributed by atoms with Crippen LogP contribution in [0.3, 0.4) is 0 Å². The van der Waals surface area contributed by atoms with Crippen LogP contribution in [0.4, 0.5) is 0 Å². The smallest absolute Gasteiger partial charge is 0.338 e. The summed E-state index contributed by atoms with van der Waals surface area (Å²) in [5.74, 6) is -0.400. The molecule has 2 aromatic carbocycles. The lowest BCUT2D eigenvalue weighted by Crippen LogP contribution is -2.48. The number of rotatable bonds is 13. The van der Waals surface area contributed by atoms with Gasteiger partial charge in [0.15, 0.2) is 20.2 Å². The Hall–Kier alpha value is -2.74. The summed E-state index contributed by atoms with van der Waals surface area (Å²) in [6, 6.07) is 16.4. The van der Waals surface area contributed by atoms with Crippen LogP contribution < -0.4 is 4.74 Å². The molecule has 2 rings (SSSR count). The van der Waals surface area contributed by atoms with Crippen molar-refractivity contribution in [3.8, 4) is 5.75 Å². The summed E-state index contributed by atoms with van der Waals surface area (Å²) in [4.78, 5) is 26.0. The van der Waals surface area contributed by atoms with Gasteiger partial charge < -0.3 is 18.6 Å². The second-order valence-electron chi connectivity index (χ2n) is 11.2. The van der Waals surface area contributed by atoms with Crippen molar-refractivity contribution in [2.24, 2.45) is 5.92 Å². The van der Waals surface area contributed by atoms with Gasteiger partial charge in [-0.2, -0.15) is 0 Å². The van der Waals surface area contributed by atoms with E-state index in [1.165, 1.54) is 0 Å². The Morgan fingerprint density at radius 1 is 0.974 bits per heavy atom. The molecule has 208 valence electrons. The molecule has 0 aromatic heterocycles. The van der Waals surface area contributed by atoms with Crippen molar-refractivity contribution in [3.63, 3.8) is 0 Å². The van der Waals surface area contributed by atoms with Crippen LogP contribution >= 0.6 is 0 Å². The first kappa shape index (κ1) is 31.5. The van der Waals surface area contributed by atoms with Crippen LogP contribution in [0.2, 0.25) is 18.1 Å². The number of ketones is 1. The fourth-order valence-corrected chi connectivity index (χ4v) is 5.05. The van der Waals surface area contributed by atoms with Gasteiger partial charge in [0, 0.05) is 5.92 Å². The van der Waals surface area contributed by atoms with Gasteiger partial charge in [0.1, 0.15) is 5.75 Å². The largest absolute Gasteiger partial charge is 0.497 e. The van der Waals surface area contributed by atoms with E-state index >= 15 is 0 Å². The zero-order chi connectivity index (χ0) is 28.5. The molecule has 7 heteroatoms. The van der Waals surface area contributed by atoms with E-state index in [0.717, 1.165) is 16.9 Å². The minimum atomic E-state index is -2.22. The molecule has 0 saturated heterocycles. The number of carbonyl (C=O) groups excluding carboxylic acids is 2. The normalized spacial score (nSPS) is 14.9. The van der Waals surface area contributed by atoms with Crippen molar-refractivity contribution in [2.75, 3.05) is 13.7 Å². The van der Waals surface area contributed by atoms with E-state index < -0.39 is 32.4 Å². The number of benzene rings is 2. The highest BCUT2D eigenvalue weighted by molar-refractivity contribution is 6.74. The van der Waals surface area contributed by atoms with Gasteiger partial charge in [-0.3, -0.25) is 4.79 Å². The molecule has 0 heterocycles. The Morgan fingerprint density at radius 3 is 2.13 bits per heavy atom. The molecule has 0 radical (unpaired) electrons. The number of ether oxygens (including phenoxy) is 3. The van der Waals surface area contributed by atoms with Crippen molar-refractivity contribution in [2.45, 2.75) is 78.5 Å². The number of methoxy groups -OCH3 is 1. The summed E-state index contributed by atoms with van der Waals surface area (Å²) in [5.41, 5.74) is 2.38. The number of Topliss-reactive ketones (excluding diaryl/α,β-unsaturated/α-hetero) is 1. The van der Waals surface area contributed by atoms with E-state index in [2.05, 4.69) is 33.9 Å². The number of hydrogen-bond donors (Lipinski definition) is 0. The number of esters is 1. The predicted octanol–water partition coefficient (Wildman–Crippen LogP) is 7.00. The molecule has 0 spiro atoms. The summed E-state index contributed by atoms with van der Waals surface area (Å²) in [6.07, 6.45) is 0.624. The van der Waals surface area contributed by atoms with Crippen LogP contribution in [-0.2, 0) is 25.3 Å². The fourth-order valence-electron chi connectivity index (χ4n) is 3.67. The van der Waals surface area contributed by atoms with E-state index in [4.69, 9.17) is 18.6 Å². The van der Waals surface area contributed by atoms with Crippen molar-refractivity contribution in [3.05, 3.63) is 77.4 Å². The molecule has 2 aromatic rings. The summed E-state index contributed by atoms with van der Waals surface area (Å²) < 4.78 is 23.4. The second kappa shape index (κ2) is 13.9. The maximum atomic E-state index is 13.4. The van der Waals surface area contributed by atoms with Crippen LogP contribution in [0, 0.1) is 5.92 Å². The Kier molecular flexibility index (Phi) is 11.5. The second-order valence-corrected chi connectivity index (χ2v) is 16.0. The van der Waals surface area contributed by atoms with Crippen molar-refractivity contribution < 1.29 is 28.2 Å². The summed E-state index contributed by atoms with van der Waals surface area (Å²) >= 11 is 0. The van der Waals surface area contributed by atoms with Gasteiger partial charge in [0.2, 0.25) is 0 Å². The standard InChI is InChI=1S/C31H44O6Si/c1-22(19-20-35-21-25-15-17-27(34-7)18-16-25)29(37-38(8,9)31(4,5)6)23(2)28(32)24(3)36-30(33)26-13-11-10-12-14-26/h10-19,23-24,29H,20-21H2,1-9H3. The van der Waals surface area contributed by atoms with Crippen molar-refractivity contribution in [1.82, 2.24) is 0 Å². The number of hydrogen-bond acceptors (Lipinski definition) is 6. The quantitative estimate of drug-likeness (QED) is 0.118. The molecule has 0 fully saturated rings. The lowest BCUT2D eigenvalue weighted by Gasteiger charge is -2.41. The average molecular weight is 541 g/mol. The van der Waals surface area contributed by atoms with Gasteiger partial charge in [0.05, 0.1) is 32.0 Å². The topological polar surface area (TPSA) is 71.1 Å². The molecular formula is C31H44O6Si. The zero-order valence-electron chi connectivity index (χ0n) is 24.4. The fraction of sp³-hybridized carbons (Fsp3) is 0.484. The zero-order valence-corrected chi connectivity index (χ0v) is 25.4. The molecule has 0 amide bonds. The average Bonchev–Trinajstić information content (AvgIpc) is 2.88. The van der Waals surface area contributed by atoms with Gasteiger partial charge >= 0.3 is 5.97 Å². The van der Waals surface area contributed by atoms with Gasteiger partial charge in [-0.1, -0.05) is 64.1 Å². The van der Waals surface area contributed by atoms with Gasteiger partial charge in [0.25, 0.3) is 0 Å². The lowest BCUT2D eigenvalue weighted by atomic mass is 9.92. The Labute approximate surface area is 229 Å². The van der Waals surface area contributed by atoms with Crippen LogP contribution in [0.1, 0.15) is 57.5 Å². The third-order valence-corrected chi connectivity index (χ3v) is 11.7. The summed E-state index contributed by atoms with van der Waals surface area (Å²) in [7, 11) is -0.582. The summed E-state index contributed by atoms with van der Waals surface area (Å²) in [5, 5.41) is -0.0371. The highest BCUT2D eigenvalue weighted by atomic mass is 28.4. The predicted molar refractivity (Wildman–Crippen MR) is 154 cm³/mol. The van der Waals surface area contributed by atoms with Crippen molar-refractivity contribution in [1.29, 1.82) is 0 Å². The highest BCUT2D eigenvalue weighted by Crippen LogP contribution is 2.39. The van der Waals surface area contributed by atoms with E-state index in [9.17, 15) is 9.59 Å². The molecule has 0 N–H and O–H groups in total. The van der Waals surface area contributed by atoms with E-state index in [1.54, 1.807) is 38.3 Å². The molecule has 3 unspecified atom stereocenters. The first-order valence-electron chi connectivity index (χ1n) is 13.1. The van der Waals surface area contributed by atoms with Gasteiger partial charge in [-0.25, -0.2) is 4.79 Å². The molecule has 0 aliphatic carbocycles. The monoisotopic (exact) mass is 540 g/mol. The first-order valence-corrected chi connectivity index (χ1v) is 16.0. The molecule has 38 heavy (non-hydrogen) atoms. The molecule has 0 bridgehead atoms. The minimum absolute atomic E-state index is 0.0371. The SMILES string of the molecule is COc1ccc(COCC=C(C)C(O[Si](C)(C)C(C)(C)C)C(C)C(=O)C(C)OC(=O)c2ccccc2)cc1. The molecule has 3 atom stereocenters. The Bertz CT molecular complexity index is 1070. The van der Waals surface area contributed by atoms with Crippen LogP contribution in [0.25, 0.3) is 0 Å². The van der Waals surface area contributed by atoms with Gasteiger partial charge in [-0.05, 0) is 67.4 Å². The molecule has 6 nitrogen and oxygen atoms in total. The molecule has 0 saturated carbocycles. The maximum Gasteiger partial charge on any atom is 0.338 e. The third-order valence-electron chi connectivity index (χ3n) is 7.22. The lowest BCUT2D eigenvalue weighted by molar-refractivity contribution is -0.132. The molecular weight excluding hydrogens is 496 g/mol. The van der Waals surface area contributed by atoms with E-state index in [0.29, 0.717) is 18.8 Å². The Morgan fingerprint density at radius 2 is 1.58 bits per heavy atom. The number of carbonyl (C=O) groups is 2. The highest BCUT2D eigenvalue weighted by Gasteiger charge is 2.42. The van der Waals surface area contributed by atoms with E-state index in [1.807, 2.05) is 50.3 Å². The van der Waals surface area contributed by atoms with Crippen LogP contribution in [-0.4, -0.2) is 46.0 Å². The van der Waals surface area contributed by atoms with E-state index in [-0.39, 0.29) is 10.8 Å². The first-order chi connectivity index (χ1) is 17.8. The maximum absolute atomic E-state index is 13.4.